The smallest absolute Gasteiger partial charge is 0.143 e. The number of hydrogen-bond donors (Lipinski definition) is 0. The van der Waals surface area contributed by atoms with Crippen LogP contribution in [-0.2, 0) is 5.41 Å². The summed E-state index contributed by atoms with van der Waals surface area (Å²) >= 11 is 7.62. The summed E-state index contributed by atoms with van der Waals surface area (Å²) in [6.07, 6.45) is 0. The highest BCUT2D eigenvalue weighted by molar-refractivity contribution is 7.15. The van der Waals surface area contributed by atoms with Crippen LogP contribution in [0.15, 0.2) is 24.3 Å². The number of rotatable bonds is 1. The van der Waals surface area contributed by atoms with Crippen LogP contribution in [0.1, 0.15) is 31.2 Å². The fourth-order valence-corrected chi connectivity index (χ4v) is 2.68. The molecule has 0 aliphatic rings. The van der Waals surface area contributed by atoms with Gasteiger partial charge in [-0.15, -0.1) is 11.3 Å². The van der Waals surface area contributed by atoms with E-state index in [0.717, 1.165) is 15.4 Å². The molecular weight excluding hydrogens is 250 g/mol. The fourth-order valence-electron chi connectivity index (χ4n) is 1.61. The molecule has 3 heteroatoms. The van der Waals surface area contributed by atoms with E-state index in [4.69, 9.17) is 11.6 Å². The Kier molecular flexibility index (Phi) is 3.28. The standard InChI is InChI=1S/C14H16ClNS/c1-9-12(15)16-13(17-9)10-5-7-11(8-6-10)14(2,3)4/h5-8H,1-4H3. The summed E-state index contributed by atoms with van der Waals surface area (Å²) in [5.74, 6) is 0. The first-order valence-electron chi connectivity index (χ1n) is 5.62. The van der Waals surface area contributed by atoms with Crippen molar-refractivity contribution in [2.45, 2.75) is 33.1 Å². The molecule has 90 valence electrons. The number of nitrogens with zero attached hydrogens (tertiary/aromatic N) is 1. The third kappa shape index (κ3) is 2.70. The van der Waals surface area contributed by atoms with Crippen LogP contribution in [0.25, 0.3) is 10.6 Å². The maximum absolute atomic E-state index is 5.98. The molecule has 0 saturated heterocycles. The number of thiazole rings is 1. The molecular formula is C14H16ClNS. The van der Waals surface area contributed by atoms with E-state index in [9.17, 15) is 0 Å². The molecule has 0 fully saturated rings. The molecule has 0 saturated carbocycles. The monoisotopic (exact) mass is 265 g/mol. The maximum atomic E-state index is 5.98. The maximum Gasteiger partial charge on any atom is 0.143 e. The first-order valence-corrected chi connectivity index (χ1v) is 6.81. The van der Waals surface area contributed by atoms with E-state index in [1.54, 1.807) is 11.3 Å². The van der Waals surface area contributed by atoms with Gasteiger partial charge in [0.05, 0.1) is 0 Å². The van der Waals surface area contributed by atoms with Gasteiger partial charge in [-0.3, -0.25) is 0 Å². The van der Waals surface area contributed by atoms with Crippen molar-refractivity contribution in [2.75, 3.05) is 0 Å². The lowest BCUT2D eigenvalue weighted by atomic mass is 9.87. The van der Waals surface area contributed by atoms with Gasteiger partial charge < -0.3 is 0 Å². The van der Waals surface area contributed by atoms with Gasteiger partial charge in [0.25, 0.3) is 0 Å². The molecule has 0 spiro atoms. The van der Waals surface area contributed by atoms with Crippen LogP contribution in [0.5, 0.6) is 0 Å². The SMILES string of the molecule is Cc1sc(-c2ccc(C(C)(C)C)cc2)nc1Cl. The molecule has 0 atom stereocenters. The van der Waals surface area contributed by atoms with Gasteiger partial charge in [-0.25, -0.2) is 4.98 Å². The number of hydrogen-bond acceptors (Lipinski definition) is 2. The van der Waals surface area contributed by atoms with Gasteiger partial charge >= 0.3 is 0 Å². The largest absolute Gasteiger partial charge is 0.224 e. The van der Waals surface area contributed by atoms with E-state index in [2.05, 4.69) is 50.0 Å². The second kappa shape index (κ2) is 4.43. The highest BCUT2D eigenvalue weighted by Gasteiger charge is 2.14. The first-order chi connectivity index (χ1) is 7.88. The number of aryl methyl sites for hydroxylation is 1. The molecule has 17 heavy (non-hydrogen) atoms. The Labute approximate surface area is 111 Å². The predicted molar refractivity (Wildman–Crippen MR) is 76.0 cm³/mol. The highest BCUT2D eigenvalue weighted by Crippen LogP contribution is 2.31. The molecule has 0 unspecified atom stereocenters. The van der Waals surface area contributed by atoms with Gasteiger partial charge in [0.2, 0.25) is 0 Å². The van der Waals surface area contributed by atoms with Gasteiger partial charge in [-0.2, -0.15) is 0 Å². The third-order valence-electron chi connectivity index (χ3n) is 2.74. The summed E-state index contributed by atoms with van der Waals surface area (Å²) in [5.41, 5.74) is 2.66. The number of halogens is 1. The highest BCUT2D eigenvalue weighted by atomic mass is 35.5. The minimum atomic E-state index is 0.189. The average molecular weight is 266 g/mol. The third-order valence-corrected chi connectivity index (χ3v) is 4.24. The van der Waals surface area contributed by atoms with Crippen LogP contribution >= 0.6 is 22.9 Å². The van der Waals surface area contributed by atoms with Gasteiger partial charge in [-0.1, -0.05) is 56.6 Å². The predicted octanol–water partition coefficient (Wildman–Crippen LogP) is 5.07. The van der Waals surface area contributed by atoms with E-state index in [-0.39, 0.29) is 5.41 Å². The Balaban J connectivity index is 2.36. The van der Waals surface area contributed by atoms with E-state index in [1.165, 1.54) is 5.56 Å². The second-order valence-corrected chi connectivity index (χ2v) is 6.75. The Bertz CT molecular complexity index is 501. The zero-order valence-corrected chi connectivity index (χ0v) is 12.1. The van der Waals surface area contributed by atoms with Gasteiger partial charge in [0, 0.05) is 10.4 Å². The zero-order chi connectivity index (χ0) is 12.6. The van der Waals surface area contributed by atoms with E-state index in [1.807, 2.05) is 6.92 Å². The van der Waals surface area contributed by atoms with Crippen molar-refractivity contribution in [3.8, 4) is 10.6 Å². The summed E-state index contributed by atoms with van der Waals surface area (Å²) in [4.78, 5) is 5.43. The Hall–Kier alpha value is -0.860. The Morgan fingerprint density at radius 2 is 1.71 bits per heavy atom. The topological polar surface area (TPSA) is 12.9 Å². The van der Waals surface area contributed by atoms with Crippen molar-refractivity contribution in [1.82, 2.24) is 4.98 Å². The van der Waals surface area contributed by atoms with Crippen LogP contribution in [0, 0.1) is 6.92 Å². The first kappa shape index (κ1) is 12.6. The fraction of sp³-hybridized carbons (Fsp3) is 0.357. The van der Waals surface area contributed by atoms with Gasteiger partial charge in [0.1, 0.15) is 10.2 Å². The van der Waals surface area contributed by atoms with Crippen molar-refractivity contribution in [2.24, 2.45) is 0 Å². The van der Waals surface area contributed by atoms with Crippen molar-refractivity contribution in [3.05, 3.63) is 39.9 Å². The van der Waals surface area contributed by atoms with Crippen molar-refractivity contribution in [1.29, 1.82) is 0 Å². The minimum Gasteiger partial charge on any atom is -0.224 e. The quantitative estimate of drug-likeness (QED) is 0.702. The molecule has 2 aromatic rings. The zero-order valence-electron chi connectivity index (χ0n) is 10.5. The molecule has 1 aromatic carbocycles. The molecule has 0 amide bonds. The second-order valence-electron chi connectivity index (χ2n) is 5.19. The lowest BCUT2D eigenvalue weighted by Crippen LogP contribution is -2.10. The van der Waals surface area contributed by atoms with Gasteiger partial charge in [-0.05, 0) is 17.9 Å². The summed E-state index contributed by atoms with van der Waals surface area (Å²) < 4.78 is 0. The Morgan fingerprint density at radius 3 is 2.12 bits per heavy atom. The Morgan fingerprint density at radius 1 is 1.12 bits per heavy atom. The van der Waals surface area contributed by atoms with Crippen LogP contribution in [0.3, 0.4) is 0 Å². The van der Waals surface area contributed by atoms with Crippen LogP contribution in [0.2, 0.25) is 5.15 Å². The normalized spacial score (nSPS) is 11.8. The average Bonchev–Trinajstić information content (AvgIpc) is 2.58. The van der Waals surface area contributed by atoms with E-state index in [0.29, 0.717) is 5.15 Å². The number of benzene rings is 1. The van der Waals surface area contributed by atoms with Gasteiger partial charge in [0.15, 0.2) is 0 Å². The summed E-state index contributed by atoms with van der Waals surface area (Å²) in [6.45, 7) is 8.64. The summed E-state index contributed by atoms with van der Waals surface area (Å²) in [5, 5.41) is 1.61. The summed E-state index contributed by atoms with van der Waals surface area (Å²) in [6, 6.07) is 8.57. The minimum absolute atomic E-state index is 0.189. The number of aromatic nitrogens is 1. The van der Waals surface area contributed by atoms with Crippen LogP contribution < -0.4 is 0 Å². The molecule has 0 radical (unpaired) electrons. The molecule has 0 bridgehead atoms. The molecule has 0 aliphatic carbocycles. The lowest BCUT2D eigenvalue weighted by Gasteiger charge is -2.18. The summed E-state index contributed by atoms with van der Waals surface area (Å²) in [7, 11) is 0. The molecule has 1 heterocycles. The van der Waals surface area contributed by atoms with Crippen LogP contribution in [-0.4, -0.2) is 4.98 Å². The molecule has 0 N–H and O–H groups in total. The molecule has 1 aromatic heterocycles. The lowest BCUT2D eigenvalue weighted by molar-refractivity contribution is 0.590. The van der Waals surface area contributed by atoms with Crippen molar-refractivity contribution in [3.63, 3.8) is 0 Å². The molecule has 1 nitrogen and oxygen atoms in total. The van der Waals surface area contributed by atoms with Crippen molar-refractivity contribution < 1.29 is 0 Å². The molecule has 0 aliphatic heterocycles. The van der Waals surface area contributed by atoms with Crippen LogP contribution in [0.4, 0.5) is 0 Å². The van der Waals surface area contributed by atoms with E-state index < -0.39 is 0 Å². The van der Waals surface area contributed by atoms with Crippen molar-refractivity contribution >= 4 is 22.9 Å². The molecule has 2 rings (SSSR count). The van der Waals surface area contributed by atoms with E-state index >= 15 is 0 Å².